The summed E-state index contributed by atoms with van der Waals surface area (Å²) in [7, 11) is 1.82. The molecule has 0 aliphatic heterocycles. The van der Waals surface area contributed by atoms with Crippen molar-refractivity contribution in [3.8, 4) is 0 Å². The second kappa shape index (κ2) is 5.18. The topological polar surface area (TPSA) is 73.0 Å². The number of nitrogens with zero attached hydrogens (tertiary/aromatic N) is 3. The SMILES string of the molecule is Cn1cc(CNc2cc(Br)ccc2[N+](=O)[O-])cn1. The van der Waals surface area contributed by atoms with Gasteiger partial charge in [0.15, 0.2) is 0 Å². The number of benzene rings is 1. The first-order valence-corrected chi connectivity index (χ1v) is 6.01. The van der Waals surface area contributed by atoms with Crippen molar-refractivity contribution in [2.45, 2.75) is 6.54 Å². The lowest BCUT2D eigenvalue weighted by Crippen LogP contribution is -2.02. The summed E-state index contributed by atoms with van der Waals surface area (Å²) in [6, 6.07) is 4.80. The van der Waals surface area contributed by atoms with Crippen LogP contribution in [0.25, 0.3) is 0 Å². The zero-order valence-corrected chi connectivity index (χ0v) is 11.2. The minimum atomic E-state index is -0.405. The predicted molar refractivity (Wildman–Crippen MR) is 71.3 cm³/mol. The van der Waals surface area contributed by atoms with Crippen LogP contribution in [0.5, 0.6) is 0 Å². The normalized spacial score (nSPS) is 10.3. The van der Waals surface area contributed by atoms with Crippen LogP contribution in [0, 0.1) is 10.1 Å². The van der Waals surface area contributed by atoms with Gasteiger partial charge in [0, 0.05) is 35.9 Å². The van der Waals surface area contributed by atoms with Crippen LogP contribution < -0.4 is 5.32 Å². The van der Waals surface area contributed by atoms with Gasteiger partial charge in [0.1, 0.15) is 5.69 Å². The summed E-state index contributed by atoms with van der Waals surface area (Å²) >= 11 is 3.30. The molecular weight excluding hydrogens is 300 g/mol. The largest absolute Gasteiger partial charge is 0.375 e. The molecule has 0 amide bonds. The average molecular weight is 311 g/mol. The van der Waals surface area contributed by atoms with Crippen LogP contribution in [0.2, 0.25) is 0 Å². The Hall–Kier alpha value is -1.89. The molecule has 18 heavy (non-hydrogen) atoms. The standard InChI is InChI=1S/C11H11BrN4O2/c1-15-7-8(6-14-15)5-13-10-4-9(12)2-3-11(10)16(17)18/h2-4,6-7,13H,5H2,1H3. The second-order valence-electron chi connectivity index (χ2n) is 3.79. The van der Waals surface area contributed by atoms with Gasteiger partial charge in [-0.15, -0.1) is 0 Å². The minimum Gasteiger partial charge on any atom is -0.375 e. The van der Waals surface area contributed by atoms with E-state index in [0.29, 0.717) is 12.2 Å². The maximum Gasteiger partial charge on any atom is 0.292 e. The van der Waals surface area contributed by atoms with Crippen LogP contribution in [0.4, 0.5) is 11.4 Å². The van der Waals surface area contributed by atoms with Gasteiger partial charge < -0.3 is 5.32 Å². The molecule has 2 aromatic rings. The van der Waals surface area contributed by atoms with E-state index in [1.807, 2.05) is 13.2 Å². The highest BCUT2D eigenvalue weighted by atomic mass is 79.9. The van der Waals surface area contributed by atoms with Crippen LogP contribution in [0.1, 0.15) is 5.56 Å². The number of nitro groups is 1. The molecule has 0 saturated carbocycles. The van der Waals surface area contributed by atoms with E-state index in [1.165, 1.54) is 6.07 Å². The van der Waals surface area contributed by atoms with Crippen LogP contribution >= 0.6 is 15.9 Å². The van der Waals surface area contributed by atoms with Crippen molar-refractivity contribution < 1.29 is 4.92 Å². The van der Waals surface area contributed by atoms with E-state index in [9.17, 15) is 10.1 Å². The monoisotopic (exact) mass is 310 g/mol. The Balaban J connectivity index is 2.17. The molecular formula is C11H11BrN4O2. The number of halogens is 1. The lowest BCUT2D eigenvalue weighted by Gasteiger charge is -2.06. The zero-order chi connectivity index (χ0) is 13.1. The van der Waals surface area contributed by atoms with Gasteiger partial charge in [0.05, 0.1) is 11.1 Å². The summed E-state index contributed by atoms with van der Waals surface area (Å²) in [4.78, 5) is 10.5. The summed E-state index contributed by atoms with van der Waals surface area (Å²) in [5.41, 5.74) is 1.51. The first-order chi connectivity index (χ1) is 8.56. The van der Waals surface area contributed by atoms with E-state index in [0.717, 1.165) is 10.0 Å². The Labute approximate surface area is 112 Å². The number of rotatable bonds is 4. The Bertz CT molecular complexity index is 582. The van der Waals surface area contributed by atoms with Crippen molar-refractivity contribution >= 4 is 27.3 Å². The molecule has 0 bridgehead atoms. The molecule has 0 fully saturated rings. The summed E-state index contributed by atoms with van der Waals surface area (Å²) in [6.07, 6.45) is 3.58. The third-order valence-corrected chi connectivity index (χ3v) is 2.89. The molecule has 0 unspecified atom stereocenters. The van der Waals surface area contributed by atoms with Crippen molar-refractivity contribution in [2.75, 3.05) is 5.32 Å². The van der Waals surface area contributed by atoms with Gasteiger partial charge in [0.2, 0.25) is 0 Å². The molecule has 94 valence electrons. The van der Waals surface area contributed by atoms with Crippen molar-refractivity contribution in [1.29, 1.82) is 0 Å². The maximum atomic E-state index is 10.9. The van der Waals surface area contributed by atoms with Crippen LogP contribution in [-0.2, 0) is 13.6 Å². The molecule has 1 aromatic heterocycles. The average Bonchev–Trinajstić information content (AvgIpc) is 2.72. The van der Waals surface area contributed by atoms with Gasteiger partial charge in [0.25, 0.3) is 5.69 Å². The van der Waals surface area contributed by atoms with Crippen LogP contribution in [0.15, 0.2) is 35.1 Å². The number of hydrogen-bond acceptors (Lipinski definition) is 4. The fourth-order valence-electron chi connectivity index (χ4n) is 1.57. The number of nitrogens with one attached hydrogen (secondary N) is 1. The molecule has 7 heteroatoms. The summed E-state index contributed by atoms with van der Waals surface area (Å²) in [5, 5.41) is 18.0. The lowest BCUT2D eigenvalue weighted by molar-refractivity contribution is -0.384. The lowest BCUT2D eigenvalue weighted by atomic mass is 10.2. The van der Waals surface area contributed by atoms with Gasteiger partial charge in [-0.1, -0.05) is 15.9 Å². The first-order valence-electron chi connectivity index (χ1n) is 5.21. The third-order valence-electron chi connectivity index (χ3n) is 2.40. The van der Waals surface area contributed by atoms with Crippen molar-refractivity contribution in [3.05, 3.63) is 50.7 Å². The van der Waals surface area contributed by atoms with Crippen molar-refractivity contribution in [2.24, 2.45) is 7.05 Å². The van der Waals surface area contributed by atoms with Crippen molar-refractivity contribution in [1.82, 2.24) is 9.78 Å². The number of anilines is 1. The molecule has 6 nitrogen and oxygen atoms in total. The predicted octanol–water partition coefficient (Wildman–Crippen LogP) is 2.70. The zero-order valence-electron chi connectivity index (χ0n) is 9.63. The first kappa shape index (κ1) is 12.6. The fourth-order valence-corrected chi connectivity index (χ4v) is 1.93. The molecule has 0 aliphatic carbocycles. The highest BCUT2D eigenvalue weighted by molar-refractivity contribution is 9.10. The van der Waals surface area contributed by atoms with Crippen LogP contribution in [-0.4, -0.2) is 14.7 Å². The fraction of sp³-hybridized carbons (Fsp3) is 0.182. The van der Waals surface area contributed by atoms with E-state index in [-0.39, 0.29) is 5.69 Å². The number of hydrogen-bond donors (Lipinski definition) is 1. The molecule has 0 atom stereocenters. The Morgan fingerprint density at radius 2 is 2.33 bits per heavy atom. The maximum absolute atomic E-state index is 10.9. The van der Waals surface area contributed by atoms with Gasteiger partial charge in [-0.25, -0.2) is 0 Å². The van der Waals surface area contributed by atoms with Gasteiger partial charge in [-0.3, -0.25) is 14.8 Å². The smallest absolute Gasteiger partial charge is 0.292 e. The van der Waals surface area contributed by atoms with E-state index in [2.05, 4.69) is 26.3 Å². The van der Waals surface area contributed by atoms with Crippen molar-refractivity contribution in [3.63, 3.8) is 0 Å². The van der Waals surface area contributed by atoms with Gasteiger partial charge >= 0.3 is 0 Å². The van der Waals surface area contributed by atoms with Crippen LogP contribution in [0.3, 0.4) is 0 Å². The summed E-state index contributed by atoms with van der Waals surface area (Å²) in [5.74, 6) is 0. The molecule has 1 heterocycles. The molecule has 0 saturated heterocycles. The Morgan fingerprint density at radius 3 is 2.94 bits per heavy atom. The van der Waals surface area contributed by atoms with Gasteiger partial charge in [-0.05, 0) is 12.1 Å². The van der Waals surface area contributed by atoms with E-state index >= 15 is 0 Å². The molecule has 0 spiro atoms. The molecule has 2 rings (SSSR count). The molecule has 1 aromatic carbocycles. The highest BCUT2D eigenvalue weighted by Crippen LogP contribution is 2.28. The number of nitro benzene ring substituents is 1. The van der Waals surface area contributed by atoms with E-state index in [1.54, 1.807) is 23.0 Å². The second-order valence-corrected chi connectivity index (χ2v) is 4.71. The quantitative estimate of drug-likeness (QED) is 0.696. The van der Waals surface area contributed by atoms with Gasteiger partial charge in [-0.2, -0.15) is 5.10 Å². The van der Waals surface area contributed by atoms with E-state index in [4.69, 9.17) is 0 Å². The molecule has 1 N–H and O–H groups in total. The Morgan fingerprint density at radius 1 is 1.56 bits per heavy atom. The Kier molecular flexibility index (Phi) is 3.61. The highest BCUT2D eigenvalue weighted by Gasteiger charge is 2.13. The third kappa shape index (κ3) is 2.86. The number of aryl methyl sites for hydroxylation is 1. The minimum absolute atomic E-state index is 0.0575. The molecule has 0 radical (unpaired) electrons. The summed E-state index contributed by atoms with van der Waals surface area (Å²) in [6.45, 7) is 0.491. The van der Waals surface area contributed by atoms with E-state index < -0.39 is 4.92 Å². The molecule has 0 aliphatic rings. The summed E-state index contributed by atoms with van der Waals surface area (Å²) < 4.78 is 2.48. The number of aromatic nitrogens is 2.